The summed E-state index contributed by atoms with van der Waals surface area (Å²) in [5.74, 6) is 0.382. The first-order chi connectivity index (χ1) is 6.76. The van der Waals surface area contributed by atoms with E-state index in [4.69, 9.17) is 4.74 Å². The number of hydrogen-bond acceptors (Lipinski definition) is 2. The van der Waals surface area contributed by atoms with E-state index in [1.54, 1.807) is 7.11 Å². The molecule has 0 aliphatic rings. The topological polar surface area (TPSA) is 38.3 Å². The van der Waals surface area contributed by atoms with E-state index in [0.29, 0.717) is 13.2 Å². The van der Waals surface area contributed by atoms with Crippen LogP contribution in [-0.4, -0.2) is 26.2 Å². The van der Waals surface area contributed by atoms with Gasteiger partial charge in [-0.05, 0) is 12.8 Å². The van der Waals surface area contributed by atoms with Crippen LogP contribution in [0.15, 0.2) is 0 Å². The second-order valence-electron chi connectivity index (χ2n) is 3.56. The Kier molecular flexibility index (Phi) is 8.64. The van der Waals surface area contributed by atoms with E-state index >= 15 is 0 Å². The van der Waals surface area contributed by atoms with Gasteiger partial charge in [0.25, 0.3) is 0 Å². The molecule has 0 heterocycles. The normalized spacial score (nSPS) is 10.6. The quantitative estimate of drug-likeness (QED) is 0.610. The Bertz CT molecular complexity index is 142. The molecule has 0 aromatic heterocycles. The molecule has 0 rings (SSSR count). The van der Waals surface area contributed by atoms with Gasteiger partial charge in [-0.3, -0.25) is 4.79 Å². The fraction of sp³-hybridized carbons (Fsp3) is 0.909. The van der Waals surface area contributed by atoms with Gasteiger partial charge in [-0.15, -0.1) is 0 Å². The van der Waals surface area contributed by atoms with Gasteiger partial charge in [-0.25, -0.2) is 0 Å². The van der Waals surface area contributed by atoms with Crippen molar-refractivity contribution in [2.45, 2.75) is 39.5 Å². The molecule has 1 N–H and O–H groups in total. The van der Waals surface area contributed by atoms with Gasteiger partial charge in [0, 0.05) is 19.6 Å². The van der Waals surface area contributed by atoms with Gasteiger partial charge >= 0.3 is 0 Å². The summed E-state index contributed by atoms with van der Waals surface area (Å²) < 4.78 is 4.88. The number of carbonyl (C=O) groups excluding carboxylic acids is 1. The van der Waals surface area contributed by atoms with Gasteiger partial charge < -0.3 is 10.1 Å². The molecule has 3 nitrogen and oxygen atoms in total. The summed E-state index contributed by atoms with van der Waals surface area (Å²) in [5, 5.41) is 2.89. The lowest BCUT2D eigenvalue weighted by atomic mass is 9.97. The lowest BCUT2D eigenvalue weighted by Crippen LogP contribution is -2.33. The van der Waals surface area contributed by atoms with Crippen molar-refractivity contribution in [1.29, 1.82) is 0 Å². The highest BCUT2D eigenvalue weighted by Crippen LogP contribution is 2.13. The molecule has 14 heavy (non-hydrogen) atoms. The van der Waals surface area contributed by atoms with E-state index in [1.165, 1.54) is 0 Å². The molecule has 0 aliphatic heterocycles. The SMILES string of the molecule is CCCC(CCC)C(=O)NCCOC. The Morgan fingerprint density at radius 3 is 2.29 bits per heavy atom. The van der Waals surface area contributed by atoms with Crippen molar-refractivity contribution >= 4 is 5.91 Å². The zero-order chi connectivity index (χ0) is 10.8. The minimum atomic E-state index is 0.186. The minimum absolute atomic E-state index is 0.186. The molecule has 0 saturated heterocycles. The first-order valence-corrected chi connectivity index (χ1v) is 5.52. The molecule has 0 aromatic carbocycles. The number of methoxy groups -OCH3 is 1. The molecule has 0 aromatic rings. The van der Waals surface area contributed by atoms with Gasteiger partial charge in [-0.1, -0.05) is 26.7 Å². The van der Waals surface area contributed by atoms with E-state index < -0.39 is 0 Å². The Labute approximate surface area is 87.2 Å². The fourth-order valence-electron chi connectivity index (χ4n) is 1.52. The van der Waals surface area contributed by atoms with Gasteiger partial charge in [0.05, 0.1) is 6.61 Å². The molecule has 0 saturated carbocycles. The van der Waals surface area contributed by atoms with Crippen LogP contribution in [0.25, 0.3) is 0 Å². The van der Waals surface area contributed by atoms with Crippen molar-refractivity contribution in [2.24, 2.45) is 5.92 Å². The largest absolute Gasteiger partial charge is 0.383 e. The maximum absolute atomic E-state index is 11.6. The third kappa shape index (κ3) is 5.97. The molecular formula is C11H23NO2. The summed E-state index contributed by atoms with van der Waals surface area (Å²) in [5.41, 5.74) is 0. The van der Waals surface area contributed by atoms with Crippen molar-refractivity contribution < 1.29 is 9.53 Å². The van der Waals surface area contributed by atoms with Crippen LogP contribution in [0.3, 0.4) is 0 Å². The standard InChI is InChI=1S/C11H23NO2/c1-4-6-10(7-5-2)11(13)12-8-9-14-3/h10H,4-9H2,1-3H3,(H,12,13). The Hall–Kier alpha value is -0.570. The summed E-state index contributed by atoms with van der Waals surface area (Å²) in [4.78, 5) is 11.6. The summed E-state index contributed by atoms with van der Waals surface area (Å²) in [7, 11) is 1.64. The summed E-state index contributed by atoms with van der Waals surface area (Å²) in [6, 6.07) is 0. The molecule has 0 atom stereocenters. The lowest BCUT2D eigenvalue weighted by molar-refractivity contribution is -0.125. The highest BCUT2D eigenvalue weighted by atomic mass is 16.5. The minimum Gasteiger partial charge on any atom is -0.383 e. The van der Waals surface area contributed by atoms with Gasteiger partial charge in [0.2, 0.25) is 5.91 Å². The molecule has 0 spiro atoms. The average Bonchev–Trinajstić information content (AvgIpc) is 2.18. The Morgan fingerprint density at radius 2 is 1.86 bits per heavy atom. The molecule has 0 fully saturated rings. The molecule has 0 bridgehead atoms. The van der Waals surface area contributed by atoms with E-state index in [-0.39, 0.29) is 11.8 Å². The predicted octanol–water partition coefficient (Wildman–Crippen LogP) is 1.97. The van der Waals surface area contributed by atoms with Crippen molar-refractivity contribution in [3.8, 4) is 0 Å². The van der Waals surface area contributed by atoms with Crippen molar-refractivity contribution in [2.75, 3.05) is 20.3 Å². The van der Waals surface area contributed by atoms with E-state index in [1.807, 2.05) is 0 Å². The van der Waals surface area contributed by atoms with Crippen LogP contribution < -0.4 is 5.32 Å². The van der Waals surface area contributed by atoms with Crippen LogP contribution in [0.4, 0.5) is 0 Å². The Balaban J connectivity index is 3.76. The third-order valence-corrected chi connectivity index (χ3v) is 2.25. The van der Waals surface area contributed by atoms with Crippen LogP contribution in [0.5, 0.6) is 0 Å². The molecular weight excluding hydrogens is 178 g/mol. The first kappa shape index (κ1) is 13.4. The van der Waals surface area contributed by atoms with Gasteiger partial charge in [-0.2, -0.15) is 0 Å². The van der Waals surface area contributed by atoms with Crippen LogP contribution in [-0.2, 0) is 9.53 Å². The molecule has 1 amide bonds. The summed E-state index contributed by atoms with van der Waals surface area (Å²) in [6.45, 7) is 5.45. The van der Waals surface area contributed by atoms with Crippen LogP contribution in [0.1, 0.15) is 39.5 Å². The molecule has 0 unspecified atom stereocenters. The van der Waals surface area contributed by atoms with E-state index in [9.17, 15) is 4.79 Å². The lowest BCUT2D eigenvalue weighted by Gasteiger charge is -2.14. The maximum Gasteiger partial charge on any atom is 0.223 e. The van der Waals surface area contributed by atoms with E-state index in [0.717, 1.165) is 25.7 Å². The smallest absolute Gasteiger partial charge is 0.223 e. The maximum atomic E-state index is 11.6. The molecule has 0 aliphatic carbocycles. The zero-order valence-corrected chi connectivity index (χ0v) is 9.64. The van der Waals surface area contributed by atoms with Crippen LogP contribution in [0.2, 0.25) is 0 Å². The highest BCUT2D eigenvalue weighted by molar-refractivity contribution is 5.78. The molecule has 0 radical (unpaired) electrons. The number of hydrogen-bond donors (Lipinski definition) is 1. The number of nitrogens with one attached hydrogen (secondary N) is 1. The zero-order valence-electron chi connectivity index (χ0n) is 9.64. The fourth-order valence-corrected chi connectivity index (χ4v) is 1.52. The number of rotatable bonds is 8. The number of amides is 1. The van der Waals surface area contributed by atoms with Crippen molar-refractivity contribution in [1.82, 2.24) is 5.32 Å². The average molecular weight is 201 g/mol. The second kappa shape index (κ2) is 9.00. The monoisotopic (exact) mass is 201 g/mol. The summed E-state index contributed by atoms with van der Waals surface area (Å²) >= 11 is 0. The summed E-state index contributed by atoms with van der Waals surface area (Å²) in [6.07, 6.45) is 4.13. The van der Waals surface area contributed by atoms with Crippen LogP contribution >= 0.6 is 0 Å². The molecule has 84 valence electrons. The molecule has 3 heteroatoms. The Morgan fingerprint density at radius 1 is 1.29 bits per heavy atom. The predicted molar refractivity (Wildman–Crippen MR) is 58.2 cm³/mol. The van der Waals surface area contributed by atoms with E-state index in [2.05, 4.69) is 19.2 Å². The van der Waals surface area contributed by atoms with Gasteiger partial charge in [0.15, 0.2) is 0 Å². The van der Waals surface area contributed by atoms with Crippen molar-refractivity contribution in [3.05, 3.63) is 0 Å². The number of carbonyl (C=O) groups is 1. The first-order valence-electron chi connectivity index (χ1n) is 5.52. The van der Waals surface area contributed by atoms with Crippen molar-refractivity contribution in [3.63, 3.8) is 0 Å². The van der Waals surface area contributed by atoms with Crippen LogP contribution in [0, 0.1) is 5.92 Å². The number of ether oxygens (including phenoxy) is 1. The second-order valence-corrected chi connectivity index (χ2v) is 3.56. The van der Waals surface area contributed by atoms with Gasteiger partial charge in [0.1, 0.15) is 0 Å². The highest BCUT2D eigenvalue weighted by Gasteiger charge is 2.15. The third-order valence-electron chi connectivity index (χ3n) is 2.25.